The molecule has 0 spiro atoms. The fourth-order valence-corrected chi connectivity index (χ4v) is 3.14. The minimum Gasteiger partial charge on any atom is -0.472 e. The third-order valence-electron chi connectivity index (χ3n) is 4.50. The maximum atomic E-state index is 12.5. The van der Waals surface area contributed by atoms with E-state index in [1.54, 1.807) is 4.90 Å². The number of rotatable bonds is 3. The molecule has 1 amide bonds. The number of hydrogen-bond donors (Lipinski definition) is 1. The van der Waals surface area contributed by atoms with Gasteiger partial charge in [-0.1, -0.05) is 0 Å². The Kier molecular flexibility index (Phi) is 4.93. The number of carbonyl (C=O) groups is 1. The molecular formula is C16H20F3N3O2. The highest BCUT2D eigenvalue weighted by Gasteiger charge is 2.33. The third kappa shape index (κ3) is 3.98. The van der Waals surface area contributed by atoms with Crippen molar-refractivity contribution in [1.29, 1.82) is 0 Å². The van der Waals surface area contributed by atoms with Crippen LogP contribution in [-0.2, 0) is 11.0 Å². The number of nitrogens with one attached hydrogen (secondary N) is 1. The van der Waals surface area contributed by atoms with E-state index in [9.17, 15) is 18.0 Å². The van der Waals surface area contributed by atoms with Crippen molar-refractivity contribution in [3.8, 4) is 5.88 Å². The average Bonchev–Trinajstić information content (AvgIpc) is 3.03. The molecule has 0 saturated carbocycles. The van der Waals surface area contributed by atoms with Gasteiger partial charge in [0.2, 0.25) is 11.8 Å². The van der Waals surface area contributed by atoms with Crippen molar-refractivity contribution in [2.24, 2.45) is 5.92 Å². The Morgan fingerprint density at radius 2 is 2.00 bits per heavy atom. The number of carbonyl (C=O) groups excluding carboxylic acids is 1. The molecule has 1 atom stereocenters. The molecule has 1 N–H and O–H groups in total. The lowest BCUT2D eigenvalue weighted by atomic mass is 9.97. The summed E-state index contributed by atoms with van der Waals surface area (Å²) in [6, 6.07) is 2.18. The molecule has 1 aromatic heterocycles. The third-order valence-corrected chi connectivity index (χ3v) is 4.50. The van der Waals surface area contributed by atoms with Crippen LogP contribution in [-0.4, -0.2) is 48.1 Å². The van der Waals surface area contributed by atoms with Crippen LogP contribution in [0.5, 0.6) is 5.88 Å². The van der Waals surface area contributed by atoms with Gasteiger partial charge in [-0.05, 0) is 32.0 Å². The highest BCUT2D eigenvalue weighted by atomic mass is 19.4. The summed E-state index contributed by atoms with van der Waals surface area (Å²) < 4.78 is 43.2. The van der Waals surface area contributed by atoms with Crippen LogP contribution in [0.3, 0.4) is 0 Å². The predicted molar refractivity (Wildman–Crippen MR) is 80.4 cm³/mol. The summed E-state index contributed by atoms with van der Waals surface area (Å²) in [6.45, 7) is 2.80. The Morgan fingerprint density at radius 1 is 1.25 bits per heavy atom. The van der Waals surface area contributed by atoms with Crippen molar-refractivity contribution in [1.82, 2.24) is 15.2 Å². The van der Waals surface area contributed by atoms with E-state index in [0.717, 1.165) is 38.2 Å². The number of likely N-dealkylation sites (tertiary alicyclic amines) is 1. The fraction of sp³-hybridized carbons (Fsp3) is 0.625. The monoisotopic (exact) mass is 343 g/mol. The Bertz CT molecular complexity index is 571. The number of amides is 1. The maximum absolute atomic E-state index is 12.5. The molecule has 0 bridgehead atoms. The number of nitrogens with zero attached hydrogens (tertiary/aromatic N) is 2. The summed E-state index contributed by atoms with van der Waals surface area (Å²) in [5.74, 6) is 0.376. The molecule has 2 fully saturated rings. The smallest absolute Gasteiger partial charge is 0.417 e. The first-order chi connectivity index (χ1) is 11.4. The van der Waals surface area contributed by atoms with Crippen molar-refractivity contribution in [3.63, 3.8) is 0 Å². The largest absolute Gasteiger partial charge is 0.472 e. The van der Waals surface area contributed by atoms with Crippen LogP contribution < -0.4 is 10.1 Å². The molecule has 0 aliphatic carbocycles. The Labute approximate surface area is 138 Å². The van der Waals surface area contributed by atoms with E-state index in [1.807, 2.05) is 0 Å². The van der Waals surface area contributed by atoms with Gasteiger partial charge in [-0.3, -0.25) is 4.79 Å². The summed E-state index contributed by atoms with van der Waals surface area (Å²) in [6.07, 6.45) is -1.50. The Balaban J connectivity index is 1.53. The van der Waals surface area contributed by atoms with Gasteiger partial charge in [0, 0.05) is 31.1 Å². The van der Waals surface area contributed by atoms with E-state index in [1.165, 1.54) is 6.07 Å². The van der Waals surface area contributed by atoms with Crippen LogP contribution in [0.25, 0.3) is 0 Å². The summed E-state index contributed by atoms with van der Waals surface area (Å²) in [4.78, 5) is 18.0. The zero-order valence-electron chi connectivity index (χ0n) is 13.2. The van der Waals surface area contributed by atoms with Gasteiger partial charge in [-0.15, -0.1) is 0 Å². The minimum absolute atomic E-state index is 0.0641. The van der Waals surface area contributed by atoms with Crippen LogP contribution in [0.4, 0.5) is 13.2 Å². The van der Waals surface area contributed by atoms with Crippen molar-refractivity contribution in [2.45, 2.75) is 31.5 Å². The van der Waals surface area contributed by atoms with E-state index in [-0.39, 0.29) is 23.8 Å². The molecule has 3 rings (SSSR count). The fourth-order valence-electron chi connectivity index (χ4n) is 3.14. The number of alkyl halides is 3. The van der Waals surface area contributed by atoms with Crippen molar-refractivity contribution in [2.75, 3.05) is 26.2 Å². The van der Waals surface area contributed by atoms with Crippen LogP contribution in [0.15, 0.2) is 18.3 Å². The molecular weight excluding hydrogens is 323 g/mol. The van der Waals surface area contributed by atoms with Crippen LogP contribution in [0, 0.1) is 5.92 Å². The zero-order chi connectivity index (χ0) is 17.2. The second-order valence-corrected chi connectivity index (χ2v) is 6.22. The summed E-state index contributed by atoms with van der Waals surface area (Å²) in [5.41, 5.74) is -0.802. The summed E-state index contributed by atoms with van der Waals surface area (Å²) in [7, 11) is 0. The molecule has 8 heteroatoms. The molecule has 5 nitrogen and oxygen atoms in total. The molecule has 2 aliphatic heterocycles. The summed E-state index contributed by atoms with van der Waals surface area (Å²) in [5, 5.41) is 3.23. The lowest BCUT2D eigenvalue weighted by Crippen LogP contribution is -2.40. The van der Waals surface area contributed by atoms with E-state index in [4.69, 9.17) is 4.74 Å². The molecule has 0 aromatic carbocycles. The van der Waals surface area contributed by atoms with Gasteiger partial charge in [-0.25, -0.2) is 4.98 Å². The second-order valence-electron chi connectivity index (χ2n) is 6.22. The van der Waals surface area contributed by atoms with Gasteiger partial charge >= 0.3 is 6.18 Å². The first-order valence-corrected chi connectivity index (χ1v) is 8.13. The SMILES string of the molecule is O=C(C1CCNCC1)N1CCC(Oc2ccc(C(F)(F)F)cn2)C1. The highest BCUT2D eigenvalue weighted by Crippen LogP contribution is 2.29. The minimum atomic E-state index is -4.41. The van der Waals surface area contributed by atoms with Crippen LogP contribution in [0.2, 0.25) is 0 Å². The molecule has 3 heterocycles. The van der Waals surface area contributed by atoms with E-state index in [2.05, 4.69) is 10.3 Å². The molecule has 132 valence electrons. The predicted octanol–water partition coefficient (Wildman–Crippen LogP) is 2.08. The van der Waals surface area contributed by atoms with Gasteiger partial charge in [0.25, 0.3) is 0 Å². The molecule has 0 radical (unpaired) electrons. The summed E-state index contributed by atoms with van der Waals surface area (Å²) >= 11 is 0. The molecule has 2 aliphatic rings. The molecule has 1 unspecified atom stereocenters. The van der Waals surface area contributed by atoms with Crippen molar-refractivity contribution in [3.05, 3.63) is 23.9 Å². The number of aromatic nitrogens is 1. The topological polar surface area (TPSA) is 54.5 Å². The van der Waals surface area contributed by atoms with Crippen LogP contribution >= 0.6 is 0 Å². The number of piperidine rings is 1. The highest BCUT2D eigenvalue weighted by molar-refractivity contribution is 5.79. The molecule has 1 aromatic rings. The maximum Gasteiger partial charge on any atom is 0.417 e. The number of pyridine rings is 1. The number of ether oxygens (including phenoxy) is 1. The second kappa shape index (κ2) is 6.96. The van der Waals surface area contributed by atoms with Gasteiger partial charge in [0.15, 0.2) is 0 Å². The van der Waals surface area contributed by atoms with E-state index >= 15 is 0 Å². The Morgan fingerprint density at radius 3 is 2.62 bits per heavy atom. The van der Waals surface area contributed by atoms with E-state index < -0.39 is 11.7 Å². The van der Waals surface area contributed by atoms with Gasteiger partial charge < -0.3 is 15.0 Å². The lowest BCUT2D eigenvalue weighted by Gasteiger charge is -2.26. The first-order valence-electron chi connectivity index (χ1n) is 8.13. The van der Waals surface area contributed by atoms with Crippen LogP contribution in [0.1, 0.15) is 24.8 Å². The van der Waals surface area contributed by atoms with Gasteiger partial charge in [0.05, 0.1) is 12.1 Å². The van der Waals surface area contributed by atoms with Gasteiger partial charge in [0.1, 0.15) is 6.10 Å². The first kappa shape index (κ1) is 17.0. The number of halogens is 3. The molecule has 24 heavy (non-hydrogen) atoms. The lowest BCUT2D eigenvalue weighted by molar-refractivity contribution is -0.138. The standard InChI is InChI=1S/C16H20F3N3O2/c17-16(18,19)12-1-2-14(21-9-12)24-13-5-8-22(10-13)15(23)11-3-6-20-7-4-11/h1-2,9,11,13,20H,3-8,10H2. The quantitative estimate of drug-likeness (QED) is 0.913. The van der Waals surface area contributed by atoms with Crippen molar-refractivity contribution < 1.29 is 22.7 Å². The van der Waals surface area contributed by atoms with E-state index in [0.29, 0.717) is 19.5 Å². The van der Waals surface area contributed by atoms with Crippen molar-refractivity contribution >= 4 is 5.91 Å². The normalized spacial score (nSPS) is 22.6. The molecule has 2 saturated heterocycles. The number of hydrogen-bond acceptors (Lipinski definition) is 4. The van der Waals surface area contributed by atoms with Gasteiger partial charge in [-0.2, -0.15) is 13.2 Å². The zero-order valence-corrected chi connectivity index (χ0v) is 13.2. The Hall–Kier alpha value is -1.83. The average molecular weight is 343 g/mol.